The third-order valence-electron chi connectivity index (χ3n) is 15.7. The van der Waals surface area contributed by atoms with Crippen LogP contribution in [0.3, 0.4) is 0 Å². The molecule has 13 rings (SSSR count). The molecule has 6 bridgehead atoms. The number of nitrogens with zero attached hydrogens (tertiary/aromatic N) is 9. The molecule has 6 aromatic heterocycles. The minimum absolute atomic E-state index is 0.00248. The van der Waals surface area contributed by atoms with Crippen molar-refractivity contribution in [3.8, 4) is 0 Å². The first-order chi connectivity index (χ1) is 40.7. The Bertz CT molecular complexity index is 4190. The molecule has 0 saturated carbocycles. The average Bonchev–Trinajstić information content (AvgIpc) is 1.69. The van der Waals surface area contributed by atoms with Gasteiger partial charge in [0, 0.05) is 24.4 Å². The molecule has 0 spiro atoms. The maximum Gasteiger partial charge on any atom is 0.386 e. The lowest BCUT2D eigenvalue weighted by Gasteiger charge is -2.35. The molecule has 464 valence electrons. The van der Waals surface area contributed by atoms with E-state index in [-0.39, 0.29) is 65.2 Å². The van der Waals surface area contributed by atoms with E-state index in [0.717, 1.165) is 4.57 Å². The van der Waals surface area contributed by atoms with Crippen LogP contribution in [0.25, 0.3) is 22.3 Å². The molecule has 7 saturated heterocycles. The van der Waals surface area contributed by atoms with Crippen LogP contribution in [0.15, 0.2) is 55.1 Å². The molecule has 86 heavy (non-hydrogen) atoms. The van der Waals surface area contributed by atoms with Gasteiger partial charge in [-0.3, -0.25) is 61.2 Å². The third kappa shape index (κ3) is 10.4. The highest BCUT2D eigenvalue weighted by atomic mass is 32.7. The Kier molecular flexibility index (Phi) is 15.0. The predicted octanol–water partition coefficient (Wildman–Crippen LogP) is -2.15. The molecular formula is C43H52N15O22P3S3. The fraction of sp³-hybridized carbons (Fsp3) is 0.581. The molecule has 0 radical (unpaired) electrons. The molecule has 7 aliphatic heterocycles. The van der Waals surface area contributed by atoms with Crippen LogP contribution in [0.2, 0.25) is 0 Å². The summed E-state index contributed by atoms with van der Waals surface area (Å²) in [5.74, 6) is -0.545. The summed E-state index contributed by atoms with van der Waals surface area (Å²) in [6.07, 6.45) is -8.98. The van der Waals surface area contributed by atoms with Crippen LogP contribution in [-0.4, -0.2) is 178 Å². The van der Waals surface area contributed by atoms with Crippen LogP contribution >= 0.6 is 32.5 Å². The van der Waals surface area contributed by atoms with Gasteiger partial charge in [-0.15, -0.1) is 0 Å². The van der Waals surface area contributed by atoms with Gasteiger partial charge in [-0.25, -0.2) is 24.1 Å². The number of aliphatic hydroxyl groups excluding tert-OH is 1. The summed E-state index contributed by atoms with van der Waals surface area (Å²) in [5.41, 5.74) is 8.27. The van der Waals surface area contributed by atoms with Gasteiger partial charge in [0.15, 0.2) is 41.0 Å². The van der Waals surface area contributed by atoms with Crippen molar-refractivity contribution in [2.75, 3.05) is 56.8 Å². The topological polar surface area (TPSA) is 493 Å². The normalized spacial score (nSPS) is 34.8. The number of aryl methyl sites for hydroxylation is 1. The fourth-order valence-electron chi connectivity index (χ4n) is 11.6. The number of nitrogens with one attached hydrogen (secondary N) is 3. The molecule has 37 nitrogen and oxygen atoms in total. The number of rotatable bonds is 20. The zero-order valence-electron chi connectivity index (χ0n) is 44.4. The summed E-state index contributed by atoms with van der Waals surface area (Å²) in [6, 6.07) is 1.42. The molecule has 12 N–H and O–H groups in total. The van der Waals surface area contributed by atoms with Crippen LogP contribution in [0.5, 0.6) is 0 Å². The van der Waals surface area contributed by atoms with Gasteiger partial charge < -0.3 is 78.8 Å². The number of nitrogens with two attached hydrogens (primary N) is 3. The van der Waals surface area contributed by atoms with E-state index in [1.54, 1.807) is 6.92 Å². The summed E-state index contributed by atoms with van der Waals surface area (Å²) >= 11 is 15.5. The van der Waals surface area contributed by atoms with Crippen LogP contribution in [0, 0.1) is 6.92 Å². The number of anilines is 3. The second-order valence-corrected chi connectivity index (χ2v) is 29.7. The average molecular weight is 1320 g/mol. The van der Waals surface area contributed by atoms with E-state index in [1.165, 1.54) is 51.7 Å². The van der Waals surface area contributed by atoms with E-state index < -0.39 is 165 Å². The lowest BCUT2D eigenvalue weighted by Crippen LogP contribution is -2.47. The third-order valence-corrected chi connectivity index (χ3v) is 20.4. The van der Waals surface area contributed by atoms with E-state index in [2.05, 4.69) is 52.1 Å². The second kappa shape index (κ2) is 21.6. The van der Waals surface area contributed by atoms with E-state index in [4.69, 9.17) is 101 Å². The van der Waals surface area contributed by atoms with Gasteiger partial charge in [0.05, 0.1) is 64.5 Å². The van der Waals surface area contributed by atoms with Gasteiger partial charge in [-0.2, -0.15) is 15.0 Å². The van der Waals surface area contributed by atoms with Crippen molar-refractivity contribution in [3.63, 3.8) is 0 Å². The zero-order valence-corrected chi connectivity index (χ0v) is 49.6. The Morgan fingerprint density at radius 3 is 1.84 bits per heavy atom. The Balaban J connectivity index is 0.766. The number of hydrogen-bond donors (Lipinski definition) is 10. The highest BCUT2D eigenvalue weighted by Gasteiger charge is 2.68. The van der Waals surface area contributed by atoms with E-state index in [0.29, 0.717) is 6.42 Å². The van der Waals surface area contributed by atoms with Crippen molar-refractivity contribution in [3.05, 3.63) is 88.7 Å². The van der Waals surface area contributed by atoms with Gasteiger partial charge in [0.25, 0.3) is 16.7 Å². The Morgan fingerprint density at radius 1 is 0.721 bits per heavy atom. The molecule has 18 atom stereocenters. The molecule has 7 aliphatic rings. The van der Waals surface area contributed by atoms with Crippen LogP contribution in [0.4, 0.5) is 17.7 Å². The van der Waals surface area contributed by atoms with Crippen LogP contribution in [0.1, 0.15) is 50.2 Å². The molecule has 6 aromatic rings. The van der Waals surface area contributed by atoms with Crippen molar-refractivity contribution in [2.24, 2.45) is 0 Å². The number of aromatic amines is 3. The maximum absolute atomic E-state index is 15.0. The van der Waals surface area contributed by atoms with Gasteiger partial charge in [0.2, 0.25) is 11.9 Å². The molecule has 43 heteroatoms. The van der Waals surface area contributed by atoms with Crippen molar-refractivity contribution < 1.29 is 79.8 Å². The Hall–Kier alpha value is -5.10. The largest absolute Gasteiger partial charge is 0.387 e. The number of hydrogen-bond acceptors (Lipinski definition) is 30. The molecule has 13 heterocycles. The minimum atomic E-state index is -4.82. The standard InChI is InChI=1S/C43H52N15O22P3S3/c1-3-17-18(6-20(74-17)55-5-4-19(44)49-39(55)63)78-81(65,84)72-12-42-9-69-24(35(76-42)57-14-47-21-29(57)50-37(45)52-32(21)61)27(42)80-83(67,86)73-13-43-10-70-25(36(77-43)58-15-48-22-30(58)51-38(46)53-33(22)62)28(43)79-82(66,85)71-11-41-8-68-23(26(41)59)34(75-41)56-7-16(2)31(60)54-40(56)64/h4-5,7,14-15,17-18,20,23-28,34-36,59H,3,6,8-13H2,1-2H3,(H,65,84)(H,66,85)(H,67,86)(H2,44,49,63)(H,54,60,64)(H3,45,50,52,61)(H3,46,51,53,62)/t17-,18?,20-,23+,24+,25+,26?,27?,28?,34-,35-,36-,41-,42-,43-,81?,82?,83?/m1/s1. The van der Waals surface area contributed by atoms with Gasteiger partial charge in [0.1, 0.15) is 65.5 Å². The highest BCUT2D eigenvalue weighted by molar-refractivity contribution is 8.44. The number of nitrogen functional groups attached to an aromatic ring is 3. The Morgan fingerprint density at radius 2 is 1.24 bits per heavy atom. The molecule has 0 amide bonds. The number of H-pyrrole nitrogens is 3. The molecule has 7 unspecified atom stereocenters. The lowest BCUT2D eigenvalue weighted by molar-refractivity contribution is -0.187. The number of fused-ring (bicyclic) bond motifs is 8. The fourth-order valence-corrected chi connectivity index (χ4v) is 16.1. The van der Waals surface area contributed by atoms with Crippen LogP contribution in [-0.2, 0) is 88.5 Å². The van der Waals surface area contributed by atoms with Crippen molar-refractivity contribution in [2.45, 2.75) is 117 Å². The summed E-state index contributed by atoms with van der Waals surface area (Å²) < 4.78 is 100. The molecule has 7 fully saturated rings. The number of aromatic nitrogens is 12. The first-order valence-corrected chi connectivity index (χ1v) is 33.9. The highest BCUT2D eigenvalue weighted by Crippen LogP contribution is 2.63. The summed E-state index contributed by atoms with van der Waals surface area (Å²) in [6.45, 7) is -13.6. The molecule has 0 aliphatic carbocycles. The minimum Gasteiger partial charge on any atom is -0.387 e. The van der Waals surface area contributed by atoms with E-state index in [1.807, 2.05) is 0 Å². The molecule has 0 aromatic carbocycles. The monoisotopic (exact) mass is 1320 g/mol. The predicted molar refractivity (Wildman–Crippen MR) is 299 cm³/mol. The summed E-state index contributed by atoms with van der Waals surface area (Å²) in [4.78, 5) is 115. The molecular weight excluding hydrogens is 1270 g/mol. The summed E-state index contributed by atoms with van der Waals surface area (Å²) in [7, 11) is 0. The number of imidazole rings is 2. The van der Waals surface area contributed by atoms with Crippen LogP contribution < -0.4 is 45.3 Å². The van der Waals surface area contributed by atoms with Gasteiger partial charge >= 0.3 is 31.6 Å². The lowest BCUT2D eigenvalue weighted by atomic mass is 10.0. The smallest absolute Gasteiger partial charge is 0.386 e. The number of ether oxygens (including phenoxy) is 7. The van der Waals surface area contributed by atoms with Crippen molar-refractivity contribution in [1.29, 1.82) is 0 Å². The maximum atomic E-state index is 15.0. The summed E-state index contributed by atoms with van der Waals surface area (Å²) in [5, 5.41) is 11.4. The quantitative estimate of drug-likeness (QED) is 0.0288. The van der Waals surface area contributed by atoms with Gasteiger partial charge in [-0.05, 0) is 43.0 Å². The number of thiol groups is 1. The van der Waals surface area contributed by atoms with E-state index in [9.17, 15) is 43.4 Å². The number of aliphatic hydroxyl groups is 1. The first kappa shape index (κ1) is 59.8. The van der Waals surface area contributed by atoms with Crippen molar-refractivity contribution in [1.82, 2.24) is 58.1 Å². The van der Waals surface area contributed by atoms with Gasteiger partial charge in [-0.1, -0.05) is 19.2 Å². The Labute approximate surface area is 494 Å². The SMILES string of the molecule is CC[C@H]1O[C@@H](n2ccc(N)nc2=O)CC1OP(O)(=S)OC[C@]12CO[C@@H](C1OP(=O)(S)OC[C@]13CO[C@@H](C1OP(O)(=S)OC[C@]14CO[C@@H](C1O)[C@H](n1cc(C)c(=O)[nH]c1=O)O4)[C@H](n1cnc4c(=O)[nH]c(N)nc41)O3)[C@H](n1cnc3c(=O)[nH]c(N)nc31)O2. The first-order valence-electron chi connectivity index (χ1n) is 26.0. The second-order valence-electron chi connectivity index (χ2n) is 21.3. The van der Waals surface area contributed by atoms with Crippen molar-refractivity contribution >= 4 is 96.1 Å². The van der Waals surface area contributed by atoms with E-state index >= 15 is 0 Å². The zero-order chi connectivity index (χ0) is 60.8.